The van der Waals surface area contributed by atoms with Gasteiger partial charge in [0.15, 0.2) is 0 Å². The Bertz CT molecular complexity index is 627. The fraction of sp³-hybridized carbons (Fsp3) is 0.455. The number of hydrogen-bond donors (Lipinski definition) is 3. The lowest BCUT2D eigenvalue weighted by molar-refractivity contribution is -0.161. The number of hydrogen-bond acceptors (Lipinski definition) is 4. The highest BCUT2D eigenvalue weighted by Gasteiger charge is 2.61. The van der Waals surface area contributed by atoms with Crippen LogP contribution in [0.15, 0.2) is 22.6 Å². The number of carboxylic acid groups (broad SMARTS) is 2. The van der Waals surface area contributed by atoms with E-state index in [4.69, 9.17) is 9.66 Å². The molecule has 3 unspecified atom stereocenters. The van der Waals surface area contributed by atoms with Crippen molar-refractivity contribution >= 4 is 22.1 Å². The second kappa shape index (κ2) is 3.91. The Hall–Kier alpha value is -1.67. The standard InChI is InChI=1S/C11H12O7S/c1-5-2-8-7(9(12)13)3-6(19(16,17)18)4-11(5,8)10(14)15/h3-5,8H,2H2,1H3,(H,12,13)(H,14,15)(H,16,17,18). The summed E-state index contributed by atoms with van der Waals surface area (Å²) in [6.07, 6.45) is 2.13. The summed E-state index contributed by atoms with van der Waals surface area (Å²) >= 11 is 0. The van der Waals surface area contributed by atoms with E-state index in [0.29, 0.717) is 6.42 Å². The summed E-state index contributed by atoms with van der Waals surface area (Å²) in [5, 5.41) is 18.4. The fourth-order valence-electron chi connectivity index (χ4n) is 2.87. The Morgan fingerprint density at radius 2 is 1.95 bits per heavy atom. The number of rotatable bonds is 3. The zero-order valence-corrected chi connectivity index (χ0v) is 10.7. The first kappa shape index (κ1) is 13.8. The molecule has 0 aromatic rings. The molecule has 0 saturated heterocycles. The SMILES string of the molecule is CC1CC2C(C(=O)O)=CC(S(=O)(=O)O)=CC12C(=O)O. The van der Waals surface area contributed by atoms with Crippen LogP contribution in [0.1, 0.15) is 13.3 Å². The van der Waals surface area contributed by atoms with Crippen molar-refractivity contribution in [1.29, 1.82) is 0 Å². The Morgan fingerprint density at radius 3 is 2.32 bits per heavy atom. The van der Waals surface area contributed by atoms with E-state index < -0.39 is 44.2 Å². The van der Waals surface area contributed by atoms with Crippen LogP contribution in [-0.4, -0.2) is 35.1 Å². The summed E-state index contributed by atoms with van der Waals surface area (Å²) in [6.45, 7) is 1.60. The van der Waals surface area contributed by atoms with E-state index in [9.17, 15) is 23.1 Å². The lowest BCUT2D eigenvalue weighted by Gasteiger charge is -2.52. The first-order valence-corrected chi connectivity index (χ1v) is 6.93. The molecule has 2 aliphatic rings. The van der Waals surface area contributed by atoms with Crippen molar-refractivity contribution in [3.05, 3.63) is 22.6 Å². The van der Waals surface area contributed by atoms with Crippen molar-refractivity contribution in [2.45, 2.75) is 13.3 Å². The second-order valence-electron chi connectivity index (χ2n) is 4.85. The molecule has 3 atom stereocenters. The van der Waals surface area contributed by atoms with Crippen LogP contribution in [0.5, 0.6) is 0 Å². The van der Waals surface area contributed by atoms with Gasteiger partial charge >= 0.3 is 11.9 Å². The third kappa shape index (κ3) is 1.79. The highest BCUT2D eigenvalue weighted by molar-refractivity contribution is 7.90. The van der Waals surface area contributed by atoms with Crippen molar-refractivity contribution in [2.24, 2.45) is 17.3 Å². The number of aliphatic carboxylic acids is 2. The molecule has 3 N–H and O–H groups in total. The monoisotopic (exact) mass is 288 g/mol. The molecule has 0 amide bonds. The van der Waals surface area contributed by atoms with E-state index in [1.165, 1.54) is 0 Å². The van der Waals surface area contributed by atoms with E-state index >= 15 is 0 Å². The summed E-state index contributed by atoms with van der Waals surface area (Å²) in [6, 6.07) is 0. The molecule has 0 aliphatic heterocycles. The van der Waals surface area contributed by atoms with E-state index in [1.807, 2.05) is 0 Å². The zero-order valence-electron chi connectivity index (χ0n) is 9.90. The molecule has 104 valence electrons. The molecule has 0 spiro atoms. The van der Waals surface area contributed by atoms with E-state index in [0.717, 1.165) is 12.2 Å². The first-order chi connectivity index (χ1) is 8.60. The fourth-order valence-corrected chi connectivity index (χ4v) is 3.49. The van der Waals surface area contributed by atoms with Crippen LogP contribution < -0.4 is 0 Å². The molecule has 0 radical (unpaired) electrons. The van der Waals surface area contributed by atoms with Gasteiger partial charge in [-0.25, -0.2) is 4.79 Å². The van der Waals surface area contributed by atoms with E-state index in [-0.39, 0.29) is 5.57 Å². The van der Waals surface area contributed by atoms with Gasteiger partial charge in [0.05, 0.1) is 10.3 Å². The lowest BCUT2D eigenvalue weighted by Crippen LogP contribution is -2.55. The van der Waals surface area contributed by atoms with Crippen LogP contribution in [0.2, 0.25) is 0 Å². The van der Waals surface area contributed by atoms with Crippen molar-refractivity contribution in [3.63, 3.8) is 0 Å². The minimum absolute atomic E-state index is 0.296. The summed E-state index contributed by atoms with van der Waals surface area (Å²) in [4.78, 5) is 21.9. The topological polar surface area (TPSA) is 129 Å². The summed E-state index contributed by atoms with van der Waals surface area (Å²) < 4.78 is 31.3. The maximum Gasteiger partial charge on any atom is 0.331 e. The predicted molar refractivity (Wildman–Crippen MR) is 62.7 cm³/mol. The molecule has 8 heteroatoms. The van der Waals surface area contributed by atoms with Gasteiger partial charge in [-0.1, -0.05) is 6.92 Å². The molecule has 19 heavy (non-hydrogen) atoms. The molecule has 0 aromatic heterocycles. The van der Waals surface area contributed by atoms with Gasteiger partial charge in [-0.2, -0.15) is 8.42 Å². The molecule has 1 fully saturated rings. The summed E-state index contributed by atoms with van der Waals surface area (Å²) in [7, 11) is -4.65. The van der Waals surface area contributed by atoms with Crippen LogP contribution in [-0.2, 0) is 19.7 Å². The molecule has 2 rings (SSSR count). The minimum atomic E-state index is -4.65. The lowest BCUT2D eigenvalue weighted by atomic mass is 9.50. The Morgan fingerprint density at radius 1 is 1.37 bits per heavy atom. The predicted octanol–water partition coefficient (Wildman–Crippen LogP) is 0.510. The molecule has 7 nitrogen and oxygen atoms in total. The van der Waals surface area contributed by atoms with Crippen molar-refractivity contribution in [3.8, 4) is 0 Å². The molecular formula is C11H12O7S. The summed E-state index contributed by atoms with van der Waals surface area (Å²) in [5.41, 5.74) is -1.87. The summed E-state index contributed by atoms with van der Waals surface area (Å²) in [5.74, 6) is -3.85. The molecule has 0 bridgehead atoms. The van der Waals surface area contributed by atoms with Crippen molar-refractivity contribution < 1.29 is 32.8 Å². The quantitative estimate of drug-likeness (QED) is 0.645. The van der Waals surface area contributed by atoms with Gasteiger partial charge in [-0.05, 0) is 24.5 Å². The van der Waals surface area contributed by atoms with Crippen LogP contribution in [0.4, 0.5) is 0 Å². The average Bonchev–Trinajstić information content (AvgIpc) is 2.24. The first-order valence-electron chi connectivity index (χ1n) is 5.49. The number of fused-ring (bicyclic) bond motifs is 1. The van der Waals surface area contributed by atoms with Crippen LogP contribution in [0.25, 0.3) is 0 Å². The zero-order chi connectivity index (χ0) is 14.6. The largest absolute Gasteiger partial charge is 0.481 e. The Labute approximate surface area is 109 Å². The van der Waals surface area contributed by atoms with Gasteiger partial charge in [0.2, 0.25) is 0 Å². The molecule has 0 heterocycles. The Kier molecular flexibility index (Phi) is 2.83. The molecular weight excluding hydrogens is 276 g/mol. The van der Waals surface area contributed by atoms with Gasteiger partial charge in [-0.15, -0.1) is 0 Å². The highest BCUT2D eigenvalue weighted by atomic mass is 32.2. The molecule has 1 saturated carbocycles. The maximum atomic E-state index is 11.4. The van der Waals surface area contributed by atoms with Crippen LogP contribution in [0.3, 0.4) is 0 Å². The normalized spacial score (nSPS) is 33.6. The second-order valence-corrected chi connectivity index (χ2v) is 6.28. The van der Waals surface area contributed by atoms with Crippen molar-refractivity contribution in [1.82, 2.24) is 0 Å². The smallest absolute Gasteiger partial charge is 0.331 e. The van der Waals surface area contributed by atoms with Gasteiger partial charge < -0.3 is 10.2 Å². The van der Waals surface area contributed by atoms with Gasteiger partial charge in [0.25, 0.3) is 10.1 Å². The van der Waals surface area contributed by atoms with Crippen LogP contribution >= 0.6 is 0 Å². The number of carboxylic acids is 2. The maximum absolute atomic E-state index is 11.4. The minimum Gasteiger partial charge on any atom is -0.481 e. The molecule has 0 aromatic carbocycles. The van der Waals surface area contributed by atoms with E-state index in [2.05, 4.69) is 0 Å². The third-order valence-electron chi connectivity index (χ3n) is 3.95. The molecule has 2 aliphatic carbocycles. The van der Waals surface area contributed by atoms with Gasteiger partial charge in [-0.3, -0.25) is 9.35 Å². The highest BCUT2D eigenvalue weighted by Crippen LogP contribution is 2.58. The Balaban J connectivity index is 2.67. The third-order valence-corrected chi connectivity index (χ3v) is 4.78. The van der Waals surface area contributed by atoms with Crippen LogP contribution in [0, 0.1) is 17.3 Å². The number of allylic oxidation sites excluding steroid dienone is 1. The van der Waals surface area contributed by atoms with Gasteiger partial charge in [0, 0.05) is 11.5 Å². The van der Waals surface area contributed by atoms with Gasteiger partial charge in [0.1, 0.15) is 0 Å². The number of carbonyl (C=O) groups is 2. The van der Waals surface area contributed by atoms with E-state index in [1.54, 1.807) is 6.92 Å². The average molecular weight is 288 g/mol. The van der Waals surface area contributed by atoms with Crippen molar-refractivity contribution in [2.75, 3.05) is 0 Å².